The Kier molecular flexibility index (Phi) is 5.43. The number of hydrogen-bond acceptors (Lipinski definition) is 5. The maximum absolute atomic E-state index is 12.9. The molecule has 0 aliphatic heterocycles. The number of methoxy groups -OCH3 is 3. The number of ether oxygens (including phenoxy) is 3. The molecule has 0 N–H and O–H groups in total. The SMILES string of the molecule is [C-]#[N+]c1ccc2c(CCOC)c(-c3ccc(OC)cc3OC)c(=O)oc2c1. The molecule has 0 amide bonds. The van der Waals surface area contributed by atoms with Gasteiger partial charge in [-0.3, -0.25) is 0 Å². The zero-order valence-corrected chi connectivity index (χ0v) is 15.4. The standard InChI is InChI=1S/C21H19NO5/c1-22-13-5-7-15-16(9-10-24-2)20(21(23)27-19(15)11-13)17-8-6-14(25-3)12-18(17)26-4/h5-8,11-12H,9-10H2,2-4H3. The minimum Gasteiger partial charge on any atom is -0.497 e. The molecule has 0 spiro atoms. The Labute approximate surface area is 156 Å². The molecule has 3 aromatic rings. The first kappa shape index (κ1) is 18.5. The Bertz CT molecular complexity index is 1080. The van der Waals surface area contributed by atoms with E-state index in [1.54, 1.807) is 50.6 Å². The third kappa shape index (κ3) is 3.50. The van der Waals surface area contributed by atoms with Crippen LogP contribution in [0.25, 0.3) is 26.9 Å². The van der Waals surface area contributed by atoms with Gasteiger partial charge in [-0.1, -0.05) is 12.1 Å². The van der Waals surface area contributed by atoms with Gasteiger partial charge in [0, 0.05) is 24.1 Å². The fourth-order valence-electron chi connectivity index (χ4n) is 3.06. The molecule has 1 aromatic heterocycles. The third-order valence-corrected chi connectivity index (χ3v) is 4.36. The molecule has 27 heavy (non-hydrogen) atoms. The fourth-order valence-corrected chi connectivity index (χ4v) is 3.06. The lowest BCUT2D eigenvalue weighted by Crippen LogP contribution is -2.10. The predicted molar refractivity (Wildman–Crippen MR) is 103 cm³/mol. The van der Waals surface area contributed by atoms with Crippen molar-refractivity contribution in [1.29, 1.82) is 0 Å². The second-order valence-corrected chi connectivity index (χ2v) is 5.84. The monoisotopic (exact) mass is 365 g/mol. The van der Waals surface area contributed by atoms with Gasteiger partial charge in [0.1, 0.15) is 17.1 Å². The van der Waals surface area contributed by atoms with Crippen molar-refractivity contribution in [2.45, 2.75) is 6.42 Å². The molecule has 0 unspecified atom stereocenters. The minimum atomic E-state index is -0.487. The molecule has 1 heterocycles. The highest BCUT2D eigenvalue weighted by Crippen LogP contribution is 2.36. The van der Waals surface area contributed by atoms with Gasteiger partial charge in [-0.15, -0.1) is 0 Å². The van der Waals surface area contributed by atoms with Crippen LogP contribution in [0.4, 0.5) is 5.69 Å². The van der Waals surface area contributed by atoms with Crippen molar-refractivity contribution in [3.05, 3.63) is 63.8 Å². The smallest absolute Gasteiger partial charge is 0.344 e. The summed E-state index contributed by atoms with van der Waals surface area (Å²) in [4.78, 5) is 16.3. The maximum Gasteiger partial charge on any atom is 0.344 e. The first-order valence-corrected chi connectivity index (χ1v) is 8.31. The topological polar surface area (TPSA) is 62.3 Å². The van der Waals surface area contributed by atoms with Gasteiger partial charge in [0.2, 0.25) is 0 Å². The van der Waals surface area contributed by atoms with E-state index in [4.69, 9.17) is 25.2 Å². The van der Waals surface area contributed by atoms with E-state index in [-0.39, 0.29) is 0 Å². The molecule has 0 aliphatic rings. The van der Waals surface area contributed by atoms with Crippen molar-refractivity contribution in [1.82, 2.24) is 0 Å². The lowest BCUT2D eigenvalue weighted by molar-refractivity contribution is 0.202. The molecule has 0 aliphatic carbocycles. The van der Waals surface area contributed by atoms with E-state index in [0.717, 1.165) is 10.9 Å². The van der Waals surface area contributed by atoms with Gasteiger partial charge >= 0.3 is 5.63 Å². The largest absolute Gasteiger partial charge is 0.497 e. The van der Waals surface area contributed by atoms with E-state index in [1.165, 1.54) is 7.11 Å². The van der Waals surface area contributed by atoms with Crippen molar-refractivity contribution in [2.75, 3.05) is 27.9 Å². The zero-order chi connectivity index (χ0) is 19.4. The van der Waals surface area contributed by atoms with Gasteiger partial charge in [-0.05, 0) is 30.2 Å². The summed E-state index contributed by atoms with van der Waals surface area (Å²) in [7, 11) is 4.72. The fraction of sp³-hybridized carbons (Fsp3) is 0.238. The average molecular weight is 365 g/mol. The highest BCUT2D eigenvalue weighted by molar-refractivity contribution is 5.90. The normalized spacial score (nSPS) is 10.6. The summed E-state index contributed by atoms with van der Waals surface area (Å²) in [5.41, 5.74) is 2.15. The Morgan fingerprint density at radius 3 is 2.56 bits per heavy atom. The average Bonchev–Trinajstić information content (AvgIpc) is 2.70. The second kappa shape index (κ2) is 7.94. The van der Waals surface area contributed by atoms with E-state index in [9.17, 15) is 4.79 Å². The molecule has 2 aromatic carbocycles. The van der Waals surface area contributed by atoms with Crippen LogP contribution in [0.15, 0.2) is 45.6 Å². The first-order chi connectivity index (χ1) is 13.1. The van der Waals surface area contributed by atoms with Crippen LogP contribution in [0.3, 0.4) is 0 Å². The summed E-state index contributed by atoms with van der Waals surface area (Å²) < 4.78 is 21.5. The van der Waals surface area contributed by atoms with Crippen molar-refractivity contribution < 1.29 is 18.6 Å². The summed E-state index contributed by atoms with van der Waals surface area (Å²) in [6.07, 6.45) is 0.514. The van der Waals surface area contributed by atoms with Crippen LogP contribution in [0.2, 0.25) is 0 Å². The van der Waals surface area contributed by atoms with Crippen LogP contribution in [-0.2, 0) is 11.2 Å². The number of hydrogen-bond donors (Lipinski definition) is 0. The molecule has 0 saturated carbocycles. The molecule has 0 fully saturated rings. The Hall–Kier alpha value is -3.30. The summed E-state index contributed by atoms with van der Waals surface area (Å²) in [5.74, 6) is 1.14. The van der Waals surface area contributed by atoms with Crippen LogP contribution >= 0.6 is 0 Å². The summed E-state index contributed by atoms with van der Waals surface area (Å²) >= 11 is 0. The molecule has 0 radical (unpaired) electrons. The van der Waals surface area contributed by atoms with Crippen molar-refractivity contribution >= 4 is 16.7 Å². The van der Waals surface area contributed by atoms with Gasteiger partial charge < -0.3 is 18.6 Å². The van der Waals surface area contributed by atoms with Gasteiger partial charge in [-0.2, -0.15) is 0 Å². The number of rotatable bonds is 6. The maximum atomic E-state index is 12.9. The van der Waals surface area contributed by atoms with Crippen LogP contribution in [0.1, 0.15) is 5.56 Å². The number of fused-ring (bicyclic) bond motifs is 1. The zero-order valence-electron chi connectivity index (χ0n) is 15.4. The van der Waals surface area contributed by atoms with Crippen molar-refractivity contribution in [3.8, 4) is 22.6 Å². The lowest BCUT2D eigenvalue weighted by atomic mass is 9.95. The van der Waals surface area contributed by atoms with E-state index in [1.807, 2.05) is 0 Å². The Balaban J connectivity index is 2.33. The van der Waals surface area contributed by atoms with E-state index in [2.05, 4.69) is 4.85 Å². The molecule has 138 valence electrons. The predicted octanol–water partition coefficient (Wildman–Crippen LogP) is 4.22. The molecular weight excluding hydrogens is 346 g/mol. The highest BCUT2D eigenvalue weighted by atomic mass is 16.5. The quantitative estimate of drug-likeness (QED) is 0.483. The minimum absolute atomic E-state index is 0.385. The Morgan fingerprint density at radius 1 is 1.07 bits per heavy atom. The molecule has 0 bridgehead atoms. The lowest BCUT2D eigenvalue weighted by Gasteiger charge is -2.15. The van der Waals surface area contributed by atoms with Gasteiger partial charge in [-0.25, -0.2) is 9.64 Å². The van der Waals surface area contributed by atoms with Gasteiger partial charge in [0.25, 0.3) is 0 Å². The molecule has 6 heteroatoms. The van der Waals surface area contributed by atoms with Crippen LogP contribution in [-0.4, -0.2) is 27.9 Å². The molecule has 6 nitrogen and oxygen atoms in total. The van der Waals surface area contributed by atoms with Gasteiger partial charge in [0.15, 0.2) is 5.69 Å². The van der Waals surface area contributed by atoms with Crippen LogP contribution < -0.4 is 15.1 Å². The van der Waals surface area contributed by atoms with Crippen molar-refractivity contribution in [2.24, 2.45) is 0 Å². The summed E-state index contributed by atoms with van der Waals surface area (Å²) in [5, 5.41) is 0.770. The molecule has 0 saturated heterocycles. The number of nitrogens with zero attached hydrogens (tertiary/aromatic N) is 1. The molecular formula is C21H19NO5. The third-order valence-electron chi connectivity index (χ3n) is 4.36. The van der Waals surface area contributed by atoms with Crippen LogP contribution in [0.5, 0.6) is 11.5 Å². The summed E-state index contributed by atoms with van der Waals surface area (Å²) in [6, 6.07) is 10.4. The molecule has 0 atom stereocenters. The van der Waals surface area contributed by atoms with E-state index in [0.29, 0.717) is 46.9 Å². The first-order valence-electron chi connectivity index (χ1n) is 8.31. The second-order valence-electron chi connectivity index (χ2n) is 5.84. The summed E-state index contributed by atoms with van der Waals surface area (Å²) in [6.45, 7) is 7.60. The van der Waals surface area contributed by atoms with E-state index >= 15 is 0 Å². The van der Waals surface area contributed by atoms with Crippen LogP contribution in [0, 0.1) is 6.57 Å². The number of benzene rings is 2. The van der Waals surface area contributed by atoms with Gasteiger partial charge in [0.05, 0.1) is 33.0 Å². The van der Waals surface area contributed by atoms with Crippen molar-refractivity contribution in [3.63, 3.8) is 0 Å². The Morgan fingerprint density at radius 2 is 1.89 bits per heavy atom. The van der Waals surface area contributed by atoms with E-state index < -0.39 is 5.63 Å². The highest BCUT2D eigenvalue weighted by Gasteiger charge is 2.20. The molecule has 3 rings (SSSR count).